The Balaban J connectivity index is 1.43. The normalized spacial score (nSPS) is 14.4. The number of nitrogens with zero attached hydrogens (tertiary/aromatic N) is 4. The van der Waals surface area contributed by atoms with E-state index in [1.54, 1.807) is 4.90 Å². The number of rotatable bonds is 3. The van der Waals surface area contributed by atoms with Crippen molar-refractivity contribution < 1.29 is 9.72 Å². The second-order valence-electron chi connectivity index (χ2n) is 6.45. The van der Waals surface area contributed by atoms with Crippen LogP contribution >= 0.6 is 0 Å². The average molecular weight is 362 g/mol. The van der Waals surface area contributed by atoms with Crippen molar-refractivity contribution in [1.29, 1.82) is 0 Å². The molecule has 1 aliphatic heterocycles. The highest BCUT2D eigenvalue weighted by atomic mass is 16.6. The van der Waals surface area contributed by atoms with Gasteiger partial charge in [0.15, 0.2) is 0 Å². The molecule has 136 valence electrons. The van der Waals surface area contributed by atoms with Gasteiger partial charge in [0.25, 0.3) is 11.6 Å². The maximum absolute atomic E-state index is 12.6. The van der Waals surface area contributed by atoms with E-state index >= 15 is 0 Å². The lowest BCUT2D eigenvalue weighted by Gasteiger charge is -2.35. The molecule has 27 heavy (non-hydrogen) atoms. The molecule has 3 aromatic rings. The number of nitro benzene ring substituents is 1. The number of piperazine rings is 1. The number of non-ortho nitro benzene ring substituents is 1. The predicted molar refractivity (Wildman–Crippen MR) is 103 cm³/mol. The molecule has 0 aliphatic carbocycles. The molecular formula is C20H18N4O3. The van der Waals surface area contributed by atoms with Crippen LogP contribution in [0.5, 0.6) is 0 Å². The van der Waals surface area contributed by atoms with Crippen LogP contribution in [0.1, 0.15) is 10.4 Å². The van der Waals surface area contributed by atoms with Gasteiger partial charge < -0.3 is 9.80 Å². The van der Waals surface area contributed by atoms with E-state index in [4.69, 9.17) is 4.98 Å². The Morgan fingerprint density at radius 1 is 0.926 bits per heavy atom. The first-order valence-electron chi connectivity index (χ1n) is 8.76. The van der Waals surface area contributed by atoms with Crippen molar-refractivity contribution in [2.24, 2.45) is 0 Å². The van der Waals surface area contributed by atoms with E-state index in [0.29, 0.717) is 31.7 Å². The van der Waals surface area contributed by atoms with Crippen molar-refractivity contribution in [3.05, 3.63) is 76.3 Å². The molecule has 0 unspecified atom stereocenters. The van der Waals surface area contributed by atoms with Gasteiger partial charge in [-0.2, -0.15) is 0 Å². The van der Waals surface area contributed by atoms with Crippen LogP contribution in [0.25, 0.3) is 10.9 Å². The lowest BCUT2D eigenvalue weighted by Crippen LogP contribution is -2.49. The van der Waals surface area contributed by atoms with Crippen molar-refractivity contribution in [2.75, 3.05) is 31.1 Å². The van der Waals surface area contributed by atoms with E-state index in [1.165, 1.54) is 24.3 Å². The Morgan fingerprint density at radius 3 is 2.33 bits per heavy atom. The number of hydrogen-bond acceptors (Lipinski definition) is 5. The molecule has 1 saturated heterocycles. The van der Waals surface area contributed by atoms with Gasteiger partial charge in [-0.3, -0.25) is 14.9 Å². The van der Waals surface area contributed by atoms with Crippen LogP contribution in [0.4, 0.5) is 11.5 Å². The van der Waals surface area contributed by atoms with Gasteiger partial charge in [0.2, 0.25) is 0 Å². The summed E-state index contributed by atoms with van der Waals surface area (Å²) in [5.74, 6) is 0.812. The smallest absolute Gasteiger partial charge is 0.269 e. The van der Waals surface area contributed by atoms with Gasteiger partial charge in [0.1, 0.15) is 5.82 Å². The zero-order valence-corrected chi connectivity index (χ0v) is 14.6. The fourth-order valence-electron chi connectivity index (χ4n) is 3.28. The van der Waals surface area contributed by atoms with E-state index in [1.807, 2.05) is 30.3 Å². The zero-order valence-electron chi connectivity index (χ0n) is 14.6. The third-order valence-corrected chi connectivity index (χ3v) is 4.80. The molecule has 4 rings (SSSR count). The predicted octanol–water partition coefficient (Wildman–Crippen LogP) is 3.11. The standard InChI is InChI=1S/C20H18N4O3/c25-20(16-5-8-17(9-6-16)24(26)27)23-13-11-22(12-14-23)19-10-7-15-3-1-2-4-18(15)21-19/h1-10H,11-14H2. The fourth-order valence-corrected chi connectivity index (χ4v) is 3.28. The second-order valence-corrected chi connectivity index (χ2v) is 6.45. The van der Waals surface area contributed by atoms with Crippen molar-refractivity contribution in [2.45, 2.75) is 0 Å². The van der Waals surface area contributed by atoms with E-state index in [2.05, 4.69) is 11.0 Å². The third kappa shape index (κ3) is 3.44. The van der Waals surface area contributed by atoms with E-state index in [0.717, 1.165) is 16.7 Å². The summed E-state index contributed by atoms with van der Waals surface area (Å²) in [6, 6.07) is 17.8. The average Bonchev–Trinajstić information content (AvgIpc) is 2.73. The number of nitro groups is 1. The maximum atomic E-state index is 12.6. The quantitative estimate of drug-likeness (QED) is 0.528. The summed E-state index contributed by atoms with van der Waals surface area (Å²) >= 11 is 0. The van der Waals surface area contributed by atoms with Gasteiger partial charge in [0, 0.05) is 49.3 Å². The Morgan fingerprint density at radius 2 is 1.63 bits per heavy atom. The summed E-state index contributed by atoms with van der Waals surface area (Å²) in [6.07, 6.45) is 0. The molecule has 7 nitrogen and oxygen atoms in total. The molecule has 0 radical (unpaired) electrons. The minimum absolute atomic E-state index is 0.0150. The SMILES string of the molecule is O=C(c1ccc([N+](=O)[O-])cc1)N1CCN(c2ccc3ccccc3n2)CC1. The van der Waals surface area contributed by atoms with Crippen LogP contribution in [0.15, 0.2) is 60.7 Å². The van der Waals surface area contributed by atoms with Gasteiger partial charge in [-0.1, -0.05) is 18.2 Å². The minimum atomic E-state index is -0.469. The van der Waals surface area contributed by atoms with Crippen LogP contribution < -0.4 is 4.90 Å². The third-order valence-electron chi connectivity index (χ3n) is 4.80. The molecule has 2 heterocycles. The van der Waals surface area contributed by atoms with Gasteiger partial charge in [-0.25, -0.2) is 4.98 Å². The summed E-state index contributed by atoms with van der Waals surface area (Å²) in [4.78, 5) is 31.5. The first-order chi connectivity index (χ1) is 13.1. The van der Waals surface area contributed by atoms with Crippen LogP contribution in [0.3, 0.4) is 0 Å². The van der Waals surface area contributed by atoms with Crippen molar-refractivity contribution >= 4 is 28.3 Å². The Labute approximate surface area is 156 Å². The highest BCUT2D eigenvalue weighted by Gasteiger charge is 2.23. The van der Waals surface area contributed by atoms with Gasteiger partial charge in [0.05, 0.1) is 10.4 Å². The number of fused-ring (bicyclic) bond motifs is 1. The topological polar surface area (TPSA) is 79.6 Å². The number of amides is 1. The molecule has 7 heteroatoms. The number of anilines is 1. The Kier molecular flexibility index (Phi) is 4.42. The van der Waals surface area contributed by atoms with Gasteiger partial charge in [-0.15, -0.1) is 0 Å². The molecule has 0 atom stereocenters. The minimum Gasteiger partial charge on any atom is -0.353 e. The Hall–Kier alpha value is -3.48. The molecule has 1 aromatic heterocycles. The van der Waals surface area contributed by atoms with E-state index < -0.39 is 4.92 Å². The van der Waals surface area contributed by atoms with E-state index in [-0.39, 0.29) is 11.6 Å². The van der Waals surface area contributed by atoms with Crippen LogP contribution in [0, 0.1) is 10.1 Å². The lowest BCUT2D eigenvalue weighted by atomic mass is 10.1. The molecule has 1 fully saturated rings. The molecule has 0 spiro atoms. The monoisotopic (exact) mass is 362 g/mol. The Bertz CT molecular complexity index is 996. The zero-order chi connectivity index (χ0) is 18.8. The molecule has 0 bridgehead atoms. The number of benzene rings is 2. The van der Waals surface area contributed by atoms with Crippen molar-refractivity contribution in [3.63, 3.8) is 0 Å². The van der Waals surface area contributed by atoms with Crippen molar-refractivity contribution in [3.8, 4) is 0 Å². The second kappa shape index (κ2) is 7.03. The van der Waals surface area contributed by atoms with Crippen LogP contribution in [0.2, 0.25) is 0 Å². The van der Waals surface area contributed by atoms with Gasteiger partial charge >= 0.3 is 0 Å². The largest absolute Gasteiger partial charge is 0.353 e. The van der Waals surface area contributed by atoms with Crippen LogP contribution in [-0.4, -0.2) is 46.9 Å². The first-order valence-corrected chi connectivity index (χ1v) is 8.76. The molecule has 2 aromatic carbocycles. The maximum Gasteiger partial charge on any atom is 0.269 e. The number of hydrogen-bond donors (Lipinski definition) is 0. The van der Waals surface area contributed by atoms with Crippen LogP contribution in [-0.2, 0) is 0 Å². The summed E-state index contributed by atoms with van der Waals surface area (Å²) in [5.41, 5.74) is 1.41. The summed E-state index contributed by atoms with van der Waals surface area (Å²) in [5, 5.41) is 11.8. The molecule has 1 amide bonds. The molecular weight excluding hydrogens is 344 g/mol. The summed E-state index contributed by atoms with van der Waals surface area (Å²) in [6.45, 7) is 2.57. The first kappa shape index (κ1) is 17.0. The summed E-state index contributed by atoms with van der Waals surface area (Å²) < 4.78 is 0. The summed E-state index contributed by atoms with van der Waals surface area (Å²) in [7, 11) is 0. The number of para-hydroxylation sites is 1. The molecule has 1 aliphatic rings. The highest BCUT2D eigenvalue weighted by molar-refractivity contribution is 5.94. The number of carbonyl (C=O) groups is 1. The fraction of sp³-hybridized carbons (Fsp3) is 0.200. The number of carbonyl (C=O) groups excluding carboxylic acids is 1. The number of pyridine rings is 1. The molecule has 0 N–H and O–H groups in total. The van der Waals surface area contributed by atoms with Gasteiger partial charge in [-0.05, 0) is 30.3 Å². The number of aromatic nitrogens is 1. The highest BCUT2D eigenvalue weighted by Crippen LogP contribution is 2.20. The van der Waals surface area contributed by atoms with Crippen molar-refractivity contribution in [1.82, 2.24) is 9.88 Å². The molecule has 0 saturated carbocycles. The lowest BCUT2D eigenvalue weighted by molar-refractivity contribution is -0.384. The van der Waals surface area contributed by atoms with E-state index in [9.17, 15) is 14.9 Å².